The molecule has 0 spiro atoms. The van der Waals surface area contributed by atoms with Gasteiger partial charge in [0.25, 0.3) is 0 Å². The molecule has 0 saturated heterocycles. The molecule has 3 amide bonds. The Labute approximate surface area is 130 Å². The van der Waals surface area contributed by atoms with Crippen LogP contribution in [0.15, 0.2) is 30.3 Å². The number of amides is 3. The molecule has 0 aliphatic rings. The number of hydrogen-bond donors (Lipinski definition) is 3. The zero-order valence-electron chi connectivity index (χ0n) is 13.2. The van der Waals surface area contributed by atoms with Crippen molar-refractivity contribution in [3.05, 3.63) is 35.9 Å². The zero-order valence-corrected chi connectivity index (χ0v) is 13.2. The van der Waals surface area contributed by atoms with Crippen LogP contribution in [0.1, 0.15) is 38.8 Å². The van der Waals surface area contributed by atoms with Crippen molar-refractivity contribution in [3.63, 3.8) is 0 Å². The van der Waals surface area contributed by atoms with Crippen LogP contribution in [0.4, 0.5) is 0 Å². The van der Waals surface area contributed by atoms with E-state index in [0.717, 1.165) is 5.56 Å². The first-order valence-corrected chi connectivity index (χ1v) is 7.33. The Morgan fingerprint density at radius 2 is 1.73 bits per heavy atom. The van der Waals surface area contributed by atoms with Crippen molar-refractivity contribution < 1.29 is 14.4 Å². The van der Waals surface area contributed by atoms with Crippen LogP contribution in [-0.4, -0.2) is 30.3 Å². The normalized spacial score (nSPS) is 12.9. The third-order valence-electron chi connectivity index (χ3n) is 3.09. The number of carbonyl (C=O) groups is 3. The number of nitrogens with one attached hydrogen (secondary N) is 3. The molecule has 2 atom stereocenters. The number of hydrogen-bond acceptors (Lipinski definition) is 3. The Bertz CT molecular complexity index is 517. The van der Waals surface area contributed by atoms with Gasteiger partial charge in [0, 0.05) is 13.5 Å². The van der Waals surface area contributed by atoms with Gasteiger partial charge in [-0.05, 0) is 19.4 Å². The topological polar surface area (TPSA) is 87.3 Å². The lowest BCUT2D eigenvalue weighted by atomic mass is 10.0. The number of carbonyl (C=O) groups excluding carboxylic acids is 3. The van der Waals surface area contributed by atoms with Crippen molar-refractivity contribution in [2.75, 3.05) is 6.54 Å². The number of likely N-dealkylation sites (N-methyl/N-ethyl adjacent to an activating group) is 1. The maximum Gasteiger partial charge on any atom is 0.242 e. The third-order valence-corrected chi connectivity index (χ3v) is 3.09. The summed E-state index contributed by atoms with van der Waals surface area (Å²) in [5, 5.41) is 8.03. The molecular formula is C16H23N3O3. The standard InChI is InChI=1S/C16H23N3O3/c1-4-17-16(22)11(2)18-15(21)10-14(19-12(3)20)13-8-6-5-7-9-13/h5-9,11,14H,4,10H2,1-3H3,(H,17,22)(H,18,21)(H,19,20)/t11-,14-/m1/s1. The molecule has 0 bridgehead atoms. The summed E-state index contributed by atoms with van der Waals surface area (Å²) < 4.78 is 0. The molecule has 0 saturated carbocycles. The van der Waals surface area contributed by atoms with E-state index in [0.29, 0.717) is 6.54 Å². The lowest BCUT2D eigenvalue weighted by Gasteiger charge is -2.19. The van der Waals surface area contributed by atoms with E-state index in [4.69, 9.17) is 0 Å². The van der Waals surface area contributed by atoms with E-state index in [9.17, 15) is 14.4 Å². The maximum absolute atomic E-state index is 12.1. The molecule has 0 heterocycles. The first-order chi connectivity index (χ1) is 10.4. The van der Waals surface area contributed by atoms with E-state index in [1.807, 2.05) is 37.3 Å². The van der Waals surface area contributed by atoms with E-state index in [-0.39, 0.29) is 24.1 Å². The van der Waals surface area contributed by atoms with E-state index in [2.05, 4.69) is 16.0 Å². The van der Waals surface area contributed by atoms with Crippen LogP contribution in [0.3, 0.4) is 0 Å². The first kappa shape index (κ1) is 17.7. The van der Waals surface area contributed by atoms with Crippen molar-refractivity contribution in [1.29, 1.82) is 0 Å². The SMILES string of the molecule is CCNC(=O)[C@@H](C)NC(=O)C[C@@H](NC(C)=O)c1ccccc1. The molecule has 3 N–H and O–H groups in total. The van der Waals surface area contributed by atoms with Gasteiger partial charge in [-0.15, -0.1) is 0 Å². The van der Waals surface area contributed by atoms with E-state index >= 15 is 0 Å². The summed E-state index contributed by atoms with van der Waals surface area (Å²) in [6, 6.07) is 8.23. The van der Waals surface area contributed by atoms with Gasteiger partial charge in [-0.1, -0.05) is 30.3 Å². The smallest absolute Gasteiger partial charge is 0.242 e. The summed E-state index contributed by atoms with van der Waals surface area (Å²) in [4.78, 5) is 35.0. The molecule has 1 aromatic carbocycles. The van der Waals surface area contributed by atoms with Crippen LogP contribution < -0.4 is 16.0 Å². The van der Waals surface area contributed by atoms with Gasteiger partial charge in [0.15, 0.2) is 0 Å². The molecule has 0 aromatic heterocycles. The van der Waals surface area contributed by atoms with Gasteiger partial charge in [0.05, 0.1) is 12.5 Å². The van der Waals surface area contributed by atoms with E-state index < -0.39 is 12.1 Å². The Morgan fingerprint density at radius 1 is 1.09 bits per heavy atom. The summed E-state index contributed by atoms with van der Waals surface area (Å²) in [5.41, 5.74) is 0.846. The van der Waals surface area contributed by atoms with Crippen LogP contribution in [0.5, 0.6) is 0 Å². The van der Waals surface area contributed by atoms with Crippen LogP contribution in [-0.2, 0) is 14.4 Å². The minimum absolute atomic E-state index is 0.0767. The van der Waals surface area contributed by atoms with E-state index in [1.165, 1.54) is 6.92 Å². The number of rotatable bonds is 7. The highest BCUT2D eigenvalue weighted by Gasteiger charge is 2.20. The van der Waals surface area contributed by atoms with E-state index in [1.54, 1.807) is 6.92 Å². The van der Waals surface area contributed by atoms with Crippen molar-refractivity contribution in [2.24, 2.45) is 0 Å². The summed E-state index contributed by atoms with van der Waals surface area (Å²) in [7, 11) is 0. The highest BCUT2D eigenvalue weighted by molar-refractivity contribution is 5.87. The van der Waals surface area contributed by atoms with Gasteiger partial charge < -0.3 is 16.0 Å². The Hall–Kier alpha value is -2.37. The van der Waals surface area contributed by atoms with Crippen LogP contribution in [0.2, 0.25) is 0 Å². The Morgan fingerprint density at radius 3 is 2.27 bits per heavy atom. The molecule has 120 valence electrons. The average molecular weight is 305 g/mol. The quantitative estimate of drug-likeness (QED) is 0.699. The third kappa shape index (κ3) is 5.95. The zero-order chi connectivity index (χ0) is 16.5. The van der Waals surface area contributed by atoms with Gasteiger partial charge in [-0.3, -0.25) is 14.4 Å². The molecule has 22 heavy (non-hydrogen) atoms. The largest absolute Gasteiger partial charge is 0.355 e. The summed E-state index contributed by atoms with van der Waals surface area (Å²) in [6.07, 6.45) is 0.0767. The predicted molar refractivity (Wildman–Crippen MR) is 83.9 cm³/mol. The van der Waals surface area contributed by atoms with Gasteiger partial charge in [-0.25, -0.2) is 0 Å². The lowest BCUT2D eigenvalue weighted by molar-refractivity contribution is -0.129. The molecule has 0 fully saturated rings. The summed E-state index contributed by atoms with van der Waals surface area (Å²) in [5.74, 6) is -0.730. The first-order valence-electron chi connectivity index (χ1n) is 7.33. The molecule has 1 aromatic rings. The Kier molecular flexibility index (Phi) is 7.08. The second kappa shape index (κ2) is 8.81. The minimum atomic E-state index is -0.610. The maximum atomic E-state index is 12.1. The number of benzene rings is 1. The second-order valence-electron chi connectivity index (χ2n) is 5.05. The molecule has 1 rings (SSSR count). The molecule has 6 heteroatoms. The van der Waals surface area contributed by atoms with Crippen LogP contribution in [0, 0.1) is 0 Å². The highest BCUT2D eigenvalue weighted by atomic mass is 16.2. The van der Waals surface area contributed by atoms with Crippen molar-refractivity contribution >= 4 is 17.7 Å². The van der Waals surface area contributed by atoms with Crippen LogP contribution in [0.25, 0.3) is 0 Å². The highest BCUT2D eigenvalue weighted by Crippen LogP contribution is 2.16. The second-order valence-corrected chi connectivity index (χ2v) is 5.05. The van der Waals surface area contributed by atoms with Gasteiger partial charge in [0.1, 0.15) is 6.04 Å². The fraction of sp³-hybridized carbons (Fsp3) is 0.438. The van der Waals surface area contributed by atoms with Crippen molar-refractivity contribution in [2.45, 2.75) is 39.3 Å². The van der Waals surface area contributed by atoms with Crippen molar-refractivity contribution in [1.82, 2.24) is 16.0 Å². The summed E-state index contributed by atoms with van der Waals surface area (Å²) in [6.45, 7) is 5.36. The minimum Gasteiger partial charge on any atom is -0.355 e. The predicted octanol–water partition coefficient (Wildman–Crippen LogP) is 0.895. The van der Waals surface area contributed by atoms with Gasteiger partial charge in [-0.2, -0.15) is 0 Å². The molecule has 0 radical (unpaired) electrons. The fourth-order valence-electron chi connectivity index (χ4n) is 2.06. The fourth-order valence-corrected chi connectivity index (χ4v) is 2.06. The Balaban J connectivity index is 2.67. The van der Waals surface area contributed by atoms with Gasteiger partial charge >= 0.3 is 0 Å². The summed E-state index contributed by atoms with van der Waals surface area (Å²) >= 11 is 0. The molecule has 0 aliphatic carbocycles. The monoisotopic (exact) mass is 305 g/mol. The molecule has 6 nitrogen and oxygen atoms in total. The molecule has 0 aliphatic heterocycles. The van der Waals surface area contributed by atoms with Gasteiger partial charge in [0.2, 0.25) is 17.7 Å². The lowest BCUT2D eigenvalue weighted by Crippen LogP contribution is -2.45. The average Bonchev–Trinajstić information content (AvgIpc) is 2.47. The molecular weight excluding hydrogens is 282 g/mol. The van der Waals surface area contributed by atoms with Crippen molar-refractivity contribution in [3.8, 4) is 0 Å². The molecule has 0 unspecified atom stereocenters. The van der Waals surface area contributed by atoms with Crippen LogP contribution >= 0.6 is 0 Å².